The summed E-state index contributed by atoms with van der Waals surface area (Å²) in [5.74, 6) is 0. The van der Waals surface area contributed by atoms with Crippen LogP contribution in [0.3, 0.4) is 0 Å². The first-order chi connectivity index (χ1) is 4.93. The molecule has 0 bridgehead atoms. The summed E-state index contributed by atoms with van der Waals surface area (Å²) >= 11 is 0. The van der Waals surface area contributed by atoms with Crippen molar-refractivity contribution in [2.45, 2.75) is 13.8 Å². The Bertz CT molecular complexity index is 155. The van der Waals surface area contributed by atoms with Gasteiger partial charge in [-0.1, -0.05) is 32.0 Å². The molecule has 1 rings (SSSR count). The average Bonchev–Trinajstić information content (AvgIpc) is 2.10. The number of nitrogens with one attached hydrogen (secondary N) is 1. The molecule has 0 spiro atoms. The molecule has 1 aromatic carbocycles. The molecule has 2 N–H and O–H groups in total. The van der Waals surface area contributed by atoms with E-state index in [4.69, 9.17) is 5.21 Å². The van der Waals surface area contributed by atoms with E-state index in [0.29, 0.717) is 5.69 Å². The van der Waals surface area contributed by atoms with Gasteiger partial charge in [0.15, 0.2) is 0 Å². The molecule has 0 saturated heterocycles. The maximum atomic E-state index is 8.29. The minimum atomic E-state index is 0. The van der Waals surface area contributed by atoms with Crippen LogP contribution in [0.2, 0.25) is 0 Å². The van der Waals surface area contributed by atoms with Crippen LogP contribution in [0.1, 0.15) is 15.3 Å². The second kappa shape index (κ2) is 6.11. The lowest BCUT2D eigenvalue weighted by Crippen LogP contribution is -1.85. The number of rotatable bonds is 1. The molecule has 1 aromatic rings. The van der Waals surface area contributed by atoms with E-state index < -0.39 is 0 Å². The largest absolute Gasteiger partial charge is 0.291 e. The summed E-state index contributed by atoms with van der Waals surface area (Å²) < 4.78 is 0. The molecule has 0 heterocycles. The summed E-state index contributed by atoms with van der Waals surface area (Å²) in [7, 11) is 0. The smallest absolute Gasteiger partial charge is 0.0602 e. The lowest BCUT2D eigenvalue weighted by Gasteiger charge is -1.92. The molecule has 0 fully saturated rings. The maximum absolute atomic E-state index is 8.29. The summed E-state index contributed by atoms with van der Waals surface area (Å²) in [6.45, 7) is 4.00. The van der Waals surface area contributed by atoms with E-state index in [1.807, 2.05) is 37.5 Å². The van der Waals surface area contributed by atoms with Gasteiger partial charge in [0.2, 0.25) is 0 Å². The molecule has 0 amide bonds. The molecule has 0 aliphatic rings. The van der Waals surface area contributed by atoms with E-state index in [1.54, 1.807) is 12.1 Å². The standard InChI is InChI=1S/C6H7NO.C2H6.H2/c8-7-6-4-2-1-3-5-6;1-2;/h1-5,7-8H;1-2H3;1H. The lowest BCUT2D eigenvalue weighted by molar-refractivity contribution is 0.389. The fourth-order valence-corrected chi connectivity index (χ4v) is 0.513. The predicted octanol–water partition coefficient (Wildman–Crippen LogP) is 2.76. The Morgan fingerprint density at radius 1 is 1.20 bits per heavy atom. The second-order valence-electron chi connectivity index (χ2n) is 1.48. The van der Waals surface area contributed by atoms with Gasteiger partial charge in [0, 0.05) is 1.43 Å². The van der Waals surface area contributed by atoms with Gasteiger partial charge in [-0.2, -0.15) is 0 Å². The van der Waals surface area contributed by atoms with Crippen molar-refractivity contribution in [3.05, 3.63) is 30.3 Å². The van der Waals surface area contributed by atoms with E-state index in [0.717, 1.165) is 0 Å². The zero-order valence-corrected chi connectivity index (χ0v) is 6.33. The van der Waals surface area contributed by atoms with Crippen LogP contribution in [-0.2, 0) is 0 Å². The average molecular weight is 141 g/mol. The minimum Gasteiger partial charge on any atom is -0.291 e. The van der Waals surface area contributed by atoms with Crippen molar-refractivity contribution in [2.75, 3.05) is 5.48 Å². The molecule has 58 valence electrons. The minimum absolute atomic E-state index is 0. The normalized spacial score (nSPS) is 7.50. The quantitative estimate of drug-likeness (QED) is 0.589. The van der Waals surface area contributed by atoms with Crippen LogP contribution in [-0.4, -0.2) is 5.21 Å². The highest BCUT2D eigenvalue weighted by Crippen LogP contribution is 2.01. The molecule has 0 saturated carbocycles. The highest BCUT2D eigenvalue weighted by molar-refractivity contribution is 5.39. The Balaban J connectivity index is 0. The van der Waals surface area contributed by atoms with Crippen molar-refractivity contribution in [2.24, 2.45) is 0 Å². The Morgan fingerprint density at radius 2 is 1.70 bits per heavy atom. The van der Waals surface area contributed by atoms with Gasteiger partial charge in [0.25, 0.3) is 0 Å². The predicted molar refractivity (Wildman–Crippen MR) is 45.3 cm³/mol. The van der Waals surface area contributed by atoms with Crippen LogP contribution in [0.5, 0.6) is 0 Å². The van der Waals surface area contributed by atoms with E-state index in [2.05, 4.69) is 0 Å². The van der Waals surface area contributed by atoms with Crippen LogP contribution in [0, 0.1) is 0 Å². The van der Waals surface area contributed by atoms with E-state index in [9.17, 15) is 0 Å². The third-order valence-electron chi connectivity index (χ3n) is 0.903. The first-order valence-electron chi connectivity index (χ1n) is 3.38. The highest BCUT2D eigenvalue weighted by atomic mass is 16.5. The van der Waals surface area contributed by atoms with Gasteiger partial charge in [-0.3, -0.25) is 10.7 Å². The van der Waals surface area contributed by atoms with Crippen molar-refractivity contribution in [3.8, 4) is 0 Å². The molecule has 0 aromatic heterocycles. The molecule has 2 nitrogen and oxygen atoms in total. The van der Waals surface area contributed by atoms with Crippen molar-refractivity contribution < 1.29 is 6.63 Å². The van der Waals surface area contributed by atoms with E-state index in [1.165, 1.54) is 0 Å². The Kier molecular flexibility index (Phi) is 5.48. The Morgan fingerprint density at radius 3 is 2.00 bits per heavy atom. The van der Waals surface area contributed by atoms with Crippen LogP contribution in [0.4, 0.5) is 5.69 Å². The summed E-state index contributed by atoms with van der Waals surface area (Å²) in [6.07, 6.45) is 0. The van der Waals surface area contributed by atoms with Crippen LogP contribution < -0.4 is 5.48 Å². The Hall–Kier alpha value is -1.02. The first-order valence-corrected chi connectivity index (χ1v) is 3.38. The Labute approximate surface area is 63.0 Å². The SMILES string of the molecule is CC.ONc1ccccc1.[HH]. The fourth-order valence-electron chi connectivity index (χ4n) is 0.513. The second-order valence-corrected chi connectivity index (χ2v) is 1.48. The number of hydrogen-bond donors (Lipinski definition) is 2. The molecule has 0 radical (unpaired) electrons. The van der Waals surface area contributed by atoms with Crippen molar-refractivity contribution in [3.63, 3.8) is 0 Å². The van der Waals surface area contributed by atoms with Gasteiger partial charge < -0.3 is 0 Å². The third kappa shape index (κ3) is 3.10. The number of benzene rings is 1. The molecule has 0 unspecified atom stereocenters. The molecule has 0 aliphatic heterocycles. The van der Waals surface area contributed by atoms with Crippen LogP contribution >= 0.6 is 0 Å². The van der Waals surface area contributed by atoms with Crippen molar-refractivity contribution in [1.29, 1.82) is 0 Å². The van der Waals surface area contributed by atoms with Crippen LogP contribution in [0.15, 0.2) is 30.3 Å². The van der Waals surface area contributed by atoms with Crippen molar-refractivity contribution in [1.82, 2.24) is 0 Å². The van der Waals surface area contributed by atoms with Crippen molar-refractivity contribution >= 4 is 5.69 Å². The molecule has 2 heteroatoms. The zero-order chi connectivity index (χ0) is 7.82. The molecular formula is C8H15NO. The summed E-state index contributed by atoms with van der Waals surface area (Å²) in [5.41, 5.74) is 2.74. The number of anilines is 1. The fraction of sp³-hybridized carbons (Fsp3) is 0.250. The molecule has 10 heavy (non-hydrogen) atoms. The van der Waals surface area contributed by atoms with Gasteiger partial charge in [-0.05, 0) is 12.1 Å². The summed E-state index contributed by atoms with van der Waals surface area (Å²) in [6, 6.07) is 9.14. The van der Waals surface area contributed by atoms with E-state index >= 15 is 0 Å². The van der Waals surface area contributed by atoms with Gasteiger partial charge >= 0.3 is 0 Å². The number of para-hydroxylation sites is 1. The number of hydrogen-bond acceptors (Lipinski definition) is 2. The highest BCUT2D eigenvalue weighted by Gasteiger charge is 1.79. The maximum Gasteiger partial charge on any atom is 0.0602 e. The first kappa shape index (κ1) is 8.98. The van der Waals surface area contributed by atoms with Gasteiger partial charge in [0.05, 0.1) is 5.69 Å². The zero-order valence-electron chi connectivity index (χ0n) is 6.33. The van der Waals surface area contributed by atoms with E-state index in [-0.39, 0.29) is 1.43 Å². The summed E-state index contributed by atoms with van der Waals surface area (Å²) in [4.78, 5) is 0. The summed E-state index contributed by atoms with van der Waals surface area (Å²) in [5, 5.41) is 8.29. The van der Waals surface area contributed by atoms with Gasteiger partial charge in [-0.25, -0.2) is 0 Å². The molecule has 0 aliphatic carbocycles. The lowest BCUT2D eigenvalue weighted by atomic mass is 10.3. The topological polar surface area (TPSA) is 32.3 Å². The molecule has 0 atom stereocenters. The van der Waals surface area contributed by atoms with Gasteiger partial charge in [0.1, 0.15) is 0 Å². The van der Waals surface area contributed by atoms with Crippen LogP contribution in [0.25, 0.3) is 0 Å². The van der Waals surface area contributed by atoms with Gasteiger partial charge in [-0.15, -0.1) is 0 Å². The molecular weight excluding hydrogens is 126 g/mol. The monoisotopic (exact) mass is 141 g/mol. The third-order valence-corrected chi connectivity index (χ3v) is 0.903.